The summed E-state index contributed by atoms with van der Waals surface area (Å²) < 4.78 is 16.6. The van der Waals surface area contributed by atoms with E-state index in [1.807, 2.05) is 0 Å². The number of H-pyrrole nitrogens is 1. The largest absolute Gasteiger partial charge is 0.490 e. The van der Waals surface area contributed by atoms with Gasteiger partial charge < -0.3 is 24.5 Å². The molecule has 1 aromatic carbocycles. The van der Waals surface area contributed by atoms with Crippen molar-refractivity contribution in [1.29, 1.82) is 0 Å². The number of morpholine rings is 1. The van der Waals surface area contributed by atoms with Crippen LogP contribution in [0.15, 0.2) is 16.9 Å². The highest BCUT2D eigenvalue weighted by atomic mass is 35.5. The van der Waals surface area contributed by atoms with Gasteiger partial charge in [0.25, 0.3) is 5.56 Å². The van der Waals surface area contributed by atoms with Crippen molar-refractivity contribution in [2.45, 2.75) is 19.4 Å². The molecule has 3 heterocycles. The van der Waals surface area contributed by atoms with Crippen LogP contribution in [0.5, 0.6) is 5.75 Å². The Hall–Kier alpha value is -1.51. The SMILES string of the molecule is COCCOc1cc(CN2CCOCC2)cc2[nH]c(=O)c3c(c12)NCCC3.Cl.Cl. The van der Waals surface area contributed by atoms with Crippen LogP contribution >= 0.6 is 24.8 Å². The molecule has 0 unspecified atom stereocenters. The maximum atomic E-state index is 12.6. The first kappa shape index (κ1) is 23.8. The molecular weight excluding hydrogens is 417 g/mol. The summed E-state index contributed by atoms with van der Waals surface area (Å²) in [5.41, 5.74) is 3.70. The second-order valence-electron chi connectivity index (χ2n) is 7.08. The highest BCUT2D eigenvalue weighted by Gasteiger charge is 2.20. The van der Waals surface area contributed by atoms with Gasteiger partial charge in [-0.15, -0.1) is 24.8 Å². The van der Waals surface area contributed by atoms with Gasteiger partial charge in [-0.25, -0.2) is 0 Å². The van der Waals surface area contributed by atoms with Crippen molar-refractivity contribution in [2.75, 3.05) is 58.5 Å². The Morgan fingerprint density at radius 1 is 1.17 bits per heavy atom. The number of nitrogens with zero attached hydrogens (tertiary/aromatic N) is 1. The highest BCUT2D eigenvalue weighted by Crippen LogP contribution is 2.36. The monoisotopic (exact) mass is 445 g/mol. The fraction of sp³-hybridized carbons (Fsp3) is 0.550. The molecule has 1 fully saturated rings. The maximum absolute atomic E-state index is 12.6. The zero-order valence-electron chi connectivity index (χ0n) is 16.6. The molecule has 1 aromatic heterocycles. The normalized spacial score (nSPS) is 16.3. The number of rotatable bonds is 6. The number of methoxy groups -OCH3 is 1. The first-order valence-electron chi connectivity index (χ1n) is 9.64. The molecule has 7 nitrogen and oxygen atoms in total. The van der Waals surface area contributed by atoms with E-state index in [0.29, 0.717) is 13.2 Å². The van der Waals surface area contributed by atoms with E-state index in [4.69, 9.17) is 14.2 Å². The number of anilines is 1. The predicted octanol–water partition coefficient (Wildman–Crippen LogP) is 2.59. The Kier molecular flexibility index (Phi) is 9.04. The number of ether oxygens (including phenoxy) is 3. The molecule has 0 aliphatic carbocycles. The van der Waals surface area contributed by atoms with Crippen LogP contribution in [-0.2, 0) is 22.4 Å². The number of hydrogen-bond donors (Lipinski definition) is 2. The van der Waals surface area contributed by atoms with Gasteiger partial charge in [-0.05, 0) is 30.5 Å². The molecule has 1 saturated heterocycles. The van der Waals surface area contributed by atoms with Gasteiger partial charge in [0.15, 0.2) is 0 Å². The summed E-state index contributed by atoms with van der Waals surface area (Å²) >= 11 is 0. The van der Waals surface area contributed by atoms with Crippen molar-refractivity contribution in [1.82, 2.24) is 9.88 Å². The van der Waals surface area contributed by atoms with E-state index < -0.39 is 0 Å². The molecule has 162 valence electrons. The Balaban J connectivity index is 0.00000150. The molecule has 2 aromatic rings. The molecule has 0 bridgehead atoms. The van der Waals surface area contributed by atoms with Gasteiger partial charge in [-0.1, -0.05) is 0 Å². The Bertz CT molecular complexity index is 869. The van der Waals surface area contributed by atoms with E-state index in [2.05, 4.69) is 27.3 Å². The van der Waals surface area contributed by atoms with E-state index >= 15 is 0 Å². The van der Waals surface area contributed by atoms with E-state index in [1.54, 1.807) is 7.11 Å². The molecule has 0 saturated carbocycles. The molecule has 2 N–H and O–H groups in total. The van der Waals surface area contributed by atoms with Crippen LogP contribution in [0.2, 0.25) is 0 Å². The van der Waals surface area contributed by atoms with Crippen LogP contribution in [0.3, 0.4) is 0 Å². The number of fused-ring (bicyclic) bond motifs is 3. The average Bonchev–Trinajstić information content (AvgIpc) is 2.69. The number of nitrogens with one attached hydrogen (secondary N) is 2. The molecular formula is C20H29Cl2N3O4. The summed E-state index contributed by atoms with van der Waals surface area (Å²) in [4.78, 5) is 18.0. The maximum Gasteiger partial charge on any atom is 0.253 e. The zero-order chi connectivity index (χ0) is 18.6. The summed E-state index contributed by atoms with van der Waals surface area (Å²) in [6, 6.07) is 4.17. The van der Waals surface area contributed by atoms with E-state index in [9.17, 15) is 4.79 Å². The fourth-order valence-electron chi connectivity index (χ4n) is 3.86. The fourth-order valence-corrected chi connectivity index (χ4v) is 3.86. The topological polar surface area (TPSA) is 75.8 Å². The van der Waals surface area contributed by atoms with Gasteiger partial charge in [-0.3, -0.25) is 9.69 Å². The Morgan fingerprint density at radius 3 is 2.72 bits per heavy atom. The summed E-state index contributed by atoms with van der Waals surface area (Å²) in [6.07, 6.45) is 1.76. The molecule has 0 radical (unpaired) electrons. The van der Waals surface area contributed by atoms with Crippen LogP contribution in [0.4, 0.5) is 5.69 Å². The zero-order valence-corrected chi connectivity index (χ0v) is 18.3. The first-order chi connectivity index (χ1) is 13.3. The summed E-state index contributed by atoms with van der Waals surface area (Å²) in [6.45, 7) is 6.04. The van der Waals surface area contributed by atoms with Crippen LogP contribution in [-0.4, -0.2) is 63.1 Å². The van der Waals surface area contributed by atoms with Crippen molar-refractivity contribution in [3.05, 3.63) is 33.6 Å². The summed E-state index contributed by atoms with van der Waals surface area (Å²) in [5, 5.41) is 4.38. The van der Waals surface area contributed by atoms with Crippen molar-refractivity contribution in [3.63, 3.8) is 0 Å². The van der Waals surface area contributed by atoms with E-state index in [-0.39, 0.29) is 30.4 Å². The number of halogens is 2. The lowest BCUT2D eigenvalue weighted by Crippen LogP contribution is -2.35. The van der Waals surface area contributed by atoms with Crippen LogP contribution < -0.4 is 15.6 Å². The Morgan fingerprint density at radius 2 is 1.97 bits per heavy atom. The van der Waals surface area contributed by atoms with Gasteiger partial charge in [0.1, 0.15) is 12.4 Å². The summed E-state index contributed by atoms with van der Waals surface area (Å²) in [5.74, 6) is 0.801. The number of hydrogen-bond acceptors (Lipinski definition) is 6. The lowest BCUT2D eigenvalue weighted by Gasteiger charge is -2.27. The van der Waals surface area contributed by atoms with Crippen molar-refractivity contribution in [3.8, 4) is 5.75 Å². The molecule has 0 spiro atoms. The van der Waals surface area contributed by atoms with Crippen molar-refractivity contribution >= 4 is 41.4 Å². The van der Waals surface area contributed by atoms with Crippen LogP contribution in [0.1, 0.15) is 17.5 Å². The molecule has 29 heavy (non-hydrogen) atoms. The highest BCUT2D eigenvalue weighted by molar-refractivity contribution is 5.98. The van der Waals surface area contributed by atoms with Gasteiger partial charge >= 0.3 is 0 Å². The minimum absolute atomic E-state index is 0. The molecule has 4 rings (SSSR count). The number of pyridine rings is 1. The van der Waals surface area contributed by atoms with Crippen LogP contribution in [0, 0.1) is 0 Å². The molecule has 2 aliphatic heterocycles. The lowest BCUT2D eigenvalue weighted by atomic mass is 9.99. The standard InChI is InChI=1S/C20H27N3O4.2ClH/c1-25-9-10-27-17-12-14(13-23-5-7-26-8-6-23)11-16-18(17)19-15(20(24)22-16)3-2-4-21-19;;/h11-12,21H,2-10,13H2,1H3,(H,22,24);2*1H. The van der Waals surface area contributed by atoms with Crippen molar-refractivity contribution < 1.29 is 14.2 Å². The van der Waals surface area contributed by atoms with Gasteiger partial charge in [-0.2, -0.15) is 0 Å². The summed E-state index contributed by atoms with van der Waals surface area (Å²) in [7, 11) is 1.66. The van der Waals surface area contributed by atoms with Gasteiger partial charge in [0.2, 0.25) is 0 Å². The quantitative estimate of drug-likeness (QED) is 0.665. The van der Waals surface area contributed by atoms with Crippen LogP contribution in [0.25, 0.3) is 10.9 Å². The second kappa shape index (κ2) is 11.0. The second-order valence-corrected chi connectivity index (χ2v) is 7.08. The molecule has 0 amide bonds. The number of aromatic nitrogens is 1. The lowest BCUT2D eigenvalue weighted by molar-refractivity contribution is 0.0342. The molecule has 0 atom stereocenters. The van der Waals surface area contributed by atoms with Gasteiger partial charge in [0, 0.05) is 38.9 Å². The predicted molar refractivity (Wildman–Crippen MR) is 119 cm³/mol. The first-order valence-corrected chi connectivity index (χ1v) is 9.64. The van der Waals surface area contributed by atoms with Gasteiger partial charge in [0.05, 0.1) is 36.4 Å². The number of benzene rings is 1. The third-order valence-corrected chi connectivity index (χ3v) is 5.20. The minimum atomic E-state index is -0.00364. The molecule has 9 heteroatoms. The third-order valence-electron chi connectivity index (χ3n) is 5.20. The number of aromatic amines is 1. The molecule has 2 aliphatic rings. The minimum Gasteiger partial charge on any atom is -0.490 e. The van der Waals surface area contributed by atoms with E-state index in [0.717, 1.165) is 85.7 Å². The average molecular weight is 446 g/mol. The smallest absolute Gasteiger partial charge is 0.253 e. The van der Waals surface area contributed by atoms with E-state index in [1.165, 1.54) is 0 Å². The third kappa shape index (κ3) is 5.35. The van der Waals surface area contributed by atoms with Crippen molar-refractivity contribution in [2.24, 2.45) is 0 Å². The Labute approximate surface area is 182 Å².